The Bertz CT molecular complexity index is 1290. The van der Waals surface area contributed by atoms with Crippen molar-refractivity contribution in [3.05, 3.63) is 83.3 Å². The zero-order chi connectivity index (χ0) is 24.4. The van der Waals surface area contributed by atoms with Crippen molar-refractivity contribution in [3.63, 3.8) is 0 Å². The van der Waals surface area contributed by atoms with Crippen LogP contribution < -0.4 is 9.64 Å². The van der Waals surface area contributed by atoms with E-state index in [9.17, 15) is 9.59 Å². The molecule has 2 heterocycles. The van der Waals surface area contributed by atoms with Crippen LogP contribution in [0.25, 0.3) is 6.08 Å². The summed E-state index contributed by atoms with van der Waals surface area (Å²) in [6.07, 6.45) is 2.67. The maximum absolute atomic E-state index is 13.4. The van der Waals surface area contributed by atoms with Crippen molar-refractivity contribution in [2.24, 2.45) is 0 Å². The zero-order valence-corrected chi connectivity index (χ0v) is 21.4. The maximum Gasteiger partial charge on any atom is 0.266 e. The van der Waals surface area contributed by atoms with E-state index in [1.54, 1.807) is 28.7 Å². The first-order valence-corrected chi connectivity index (χ1v) is 13.2. The third kappa shape index (κ3) is 4.87. The molecule has 3 aromatic carbocycles. The Morgan fingerprint density at radius 3 is 2.20 bits per heavy atom. The molecule has 1 fully saturated rings. The Kier molecular flexibility index (Phi) is 6.95. The summed E-state index contributed by atoms with van der Waals surface area (Å²) in [4.78, 5) is 32.4. The molecule has 5 nitrogen and oxygen atoms in total. The molecule has 2 aliphatic rings. The van der Waals surface area contributed by atoms with Crippen molar-refractivity contribution in [1.29, 1.82) is 0 Å². The number of benzene rings is 3. The van der Waals surface area contributed by atoms with E-state index < -0.39 is 0 Å². The third-order valence-corrected chi connectivity index (χ3v) is 8.25. The smallest absolute Gasteiger partial charge is 0.266 e. The van der Waals surface area contributed by atoms with Gasteiger partial charge >= 0.3 is 0 Å². The number of fused-ring (bicyclic) bond motifs is 2. The Morgan fingerprint density at radius 2 is 1.57 bits per heavy atom. The second-order valence-electron chi connectivity index (χ2n) is 7.98. The molecule has 0 atom stereocenters. The molecular formula is C27H22N2O3S3. The number of thiocarbonyl (C=S) groups is 1. The number of ether oxygens (including phenoxy) is 1. The van der Waals surface area contributed by atoms with Gasteiger partial charge in [-0.25, -0.2) is 0 Å². The Labute approximate surface area is 218 Å². The van der Waals surface area contributed by atoms with Crippen LogP contribution in [0.2, 0.25) is 0 Å². The number of anilines is 2. The number of methoxy groups -OCH3 is 1. The number of amides is 2. The maximum atomic E-state index is 13.4. The van der Waals surface area contributed by atoms with E-state index >= 15 is 0 Å². The van der Waals surface area contributed by atoms with Crippen LogP contribution in [0.4, 0.5) is 11.4 Å². The molecule has 0 unspecified atom stereocenters. The lowest BCUT2D eigenvalue weighted by Crippen LogP contribution is -2.32. The predicted molar refractivity (Wildman–Crippen MR) is 146 cm³/mol. The monoisotopic (exact) mass is 518 g/mol. The molecule has 1 saturated heterocycles. The van der Waals surface area contributed by atoms with Gasteiger partial charge in [0.05, 0.1) is 23.4 Å². The number of thioether (sulfide) groups is 1. The molecule has 35 heavy (non-hydrogen) atoms. The summed E-state index contributed by atoms with van der Waals surface area (Å²) in [5, 5.41) is 0. The summed E-state index contributed by atoms with van der Waals surface area (Å²) in [6, 6.07) is 23.4. The van der Waals surface area contributed by atoms with Gasteiger partial charge in [0.2, 0.25) is 5.91 Å². The second kappa shape index (κ2) is 10.3. The largest absolute Gasteiger partial charge is 0.497 e. The van der Waals surface area contributed by atoms with Crippen molar-refractivity contribution < 1.29 is 14.3 Å². The lowest BCUT2D eigenvalue weighted by molar-refractivity contribution is -0.123. The number of rotatable bonds is 6. The van der Waals surface area contributed by atoms with E-state index in [4.69, 9.17) is 17.0 Å². The van der Waals surface area contributed by atoms with Gasteiger partial charge in [0.25, 0.3) is 5.91 Å². The zero-order valence-electron chi connectivity index (χ0n) is 19.0. The van der Waals surface area contributed by atoms with Crippen LogP contribution in [0.5, 0.6) is 5.75 Å². The van der Waals surface area contributed by atoms with Crippen molar-refractivity contribution in [2.75, 3.05) is 18.6 Å². The fourth-order valence-electron chi connectivity index (χ4n) is 4.02. The first-order chi connectivity index (χ1) is 17.0. The van der Waals surface area contributed by atoms with Gasteiger partial charge in [-0.3, -0.25) is 19.4 Å². The molecule has 2 aliphatic heterocycles. The number of hydrogen-bond acceptors (Lipinski definition) is 6. The van der Waals surface area contributed by atoms with Crippen molar-refractivity contribution >= 4 is 69.3 Å². The lowest BCUT2D eigenvalue weighted by atomic mass is 10.1. The number of carbonyl (C=O) groups is 2. The standard InChI is InChI=1S/C27H22N2O3S3/c1-32-19-14-12-18(13-15-19)17-24-26(31)28(27(33)35-24)16-6-11-25(30)29-20-7-2-4-9-22(20)34-23-10-5-3-8-21(23)29/h2-5,7-10,12-15,17H,6,11,16H2,1H3/b24-17+. The summed E-state index contributed by atoms with van der Waals surface area (Å²) >= 11 is 8.43. The highest BCUT2D eigenvalue weighted by atomic mass is 32.2. The van der Waals surface area contributed by atoms with E-state index in [-0.39, 0.29) is 11.8 Å². The van der Waals surface area contributed by atoms with E-state index in [0.717, 1.165) is 32.5 Å². The highest BCUT2D eigenvalue weighted by Crippen LogP contribution is 2.48. The van der Waals surface area contributed by atoms with Crippen LogP contribution in [-0.2, 0) is 9.59 Å². The van der Waals surface area contributed by atoms with Gasteiger partial charge < -0.3 is 4.74 Å². The van der Waals surface area contributed by atoms with Crippen LogP contribution in [0, 0.1) is 0 Å². The van der Waals surface area contributed by atoms with Crippen LogP contribution in [0.15, 0.2) is 87.5 Å². The van der Waals surface area contributed by atoms with Gasteiger partial charge in [0, 0.05) is 22.8 Å². The topological polar surface area (TPSA) is 49.9 Å². The number of para-hydroxylation sites is 2. The van der Waals surface area contributed by atoms with Crippen LogP contribution >= 0.6 is 35.7 Å². The molecule has 0 aromatic heterocycles. The van der Waals surface area contributed by atoms with Crippen molar-refractivity contribution in [3.8, 4) is 5.75 Å². The average molecular weight is 519 g/mol. The van der Waals surface area contributed by atoms with Gasteiger partial charge in [0.1, 0.15) is 10.1 Å². The van der Waals surface area contributed by atoms with Gasteiger partial charge in [-0.1, -0.05) is 72.1 Å². The van der Waals surface area contributed by atoms with Crippen molar-refractivity contribution in [2.45, 2.75) is 22.6 Å². The minimum Gasteiger partial charge on any atom is -0.497 e. The Hall–Kier alpha value is -3.07. The highest BCUT2D eigenvalue weighted by molar-refractivity contribution is 8.26. The summed E-state index contributed by atoms with van der Waals surface area (Å²) in [6.45, 7) is 0.405. The minimum atomic E-state index is -0.117. The predicted octanol–water partition coefficient (Wildman–Crippen LogP) is 6.51. The van der Waals surface area contributed by atoms with Crippen molar-refractivity contribution in [1.82, 2.24) is 4.90 Å². The van der Waals surface area contributed by atoms with Gasteiger partial charge in [-0.05, 0) is 54.5 Å². The molecule has 176 valence electrons. The highest BCUT2D eigenvalue weighted by Gasteiger charge is 2.32. The third-order valence-electron chi connectivity index (χ3n) is 5.74. The van der Waals surface area contributed by atoms with E-state index in [1.807, 2.05) is 78.9 Å². The van der Waals surface area contributed by atoms with Gasteiger partial charge in [-0.15, -0.1) is 0 Å². The molecule has 0 saturated carbocycles. The first-order valence-electron chi connectivity index (χ1n) is 11.1. The molecule has 0 aliphatic carbocycles. The summed E-state index contributed by atoms with van der Waals surface area (Å²) in [7, 11) is 1.62. The van der Waals surface area contributed by atoms with Crippen LogP contribution in [0.1, 0.15) is 18.4 Å². The second-order valence-corrected chi connectivity index (χ2v) is 10.7. The minimum absolute atomic E-state index is 0.00409. The molecular weight excluding hydrogens is 497 g/mol. The molecule has 0 spiro atoms. The van der Waals surface area contributed by atoms with E-state index in [1.165, 1.54) is 11.8 Å². The van der Waals surface area contributed by atoms with Gasteiger partial charge in [-0.2, -0.15) is 0 Å². The quantitative estimate of drug-likeness (QED) is 0.274. The normalized spacial score (nSPS) is 15.9. The number of carbonyl (C=O) groups excluding carboxylic acids is 2. The number of hydrogen-bond donors (Lipinski definition) is 0. The van der Waals surface area contributed by atoms with Gasteiger partial charge in [0.15, 0.2) is 0 Å². The molecule has 0 bridgehead atoms. The fourth-order valence-corrected chi connectivity index (χ4v) is 6.38. The SMILES string of the molecule is COc1ccc(/C=C2/SC(=S)N(CCCC(=O)N3c4ccccc4Sc4ccccc43)C2=O)cc1. The summed E-state index contributed by atoms with van der Waals surface area (Å²) in [5.41, 5.74) is 2.70. The van der Waals surface area contributed by atoms with Crippen LogP contribution in [0.3, 0.4) is 0 Å². The fraction of sp³-hybridized carbons (Fsp3) is 0.148. The Balaban J connectivity index is 1.26. The van der Waals surface area contributed by atoms with E-state index in [2.05, 4.69) is 0 Å². The average Bonchev–Trinajstić information content (AvgIpc) is 3.14. The molecule has 5 rings (SSSR count). The first kappa shape index (κ1) is 23.7. The molecule has 2 amide bonds. The van der Waals surface area contributed by atoms with Crippen LogP contribution in [-0.4, -0.2) is 34.7 Å². The summed E-state index contributed by atoms with van der Waals surface area (Å²) < 4.78 is 5.71. The van der Waals surface area contributed by atoms with E-state index in [0.29, 0.717) is 28.6 Å². The molecule has 0 N–H and O–H groups in total. The lowest BCUT2D eigenvalue weighted by Gasteiger charge is -2.31. The molecule has 8 heteroatoms. The molecule has 3 aromatic rings. The number of nitrogens with zero attached hydrogens (tertiary/aromatic N) is 2. The summed E-state index contributed by atoms with van der Waals surface area (Å²) in [5.74, 6) is 0.648. The Morgan fingerprint density at radius 1 is 0.943 bits per heavy atom. The molecule has 0 radical (unpaired) electrons.